The Balaban J connectivity index is 1.52. The number of methoxy groups -OCH3 is 1. The van der Waals surface area contributed by atoms with Gasteiger partial charge in [-0.3, -0.25) is 19.3 Å². The quantitative estimate of drug-likeness (QED) is 0.708. The second kappa shape index (κ2) is 9.43. The molecule has 6 nitrogen and oxygen atoms in total. The molecule has 1 aliphatic rings. The lowest BCUT2D eigenvalue weighted by Gasteiger charge is -2.13. The van der Waals surface area contributed by atoms with Crippen LogP contribution in [-0.2, 0) is 16.0 Å². The van der Waals surface area contributed by atoms with Crippen LogP contribution in [0, 0.1) is 6.92 Å². The molecule has 0 aliphatic carbocycles. The molecule has 2 aromatic carbocycles. The highest BCUT2D eigenvalue weighted by Gasteiger charge is 2.34. The largest absolute Gasteiger partial charge is 0.496 e. The van der Waals surface area contributed by atoms with Gasteiger partial charge in [0.1, 0.15) is 5.75 Å². The van der Waals surface area contributed by atoms with Gasteiger partial charge in [-0.25, -0.2) is 0 Å². The smallest absolute Gasteiger partial charge is 0.293 e. The third-order valence-corrected chi connectivity index (χ3v) is 5.37. The average Bonchev–Trinajstić information content (AvgIpc) is 2.97. The Labute approximate surface area is 173 Å². The SMILES string of the molecule is COc1cc(CC(=O)NCCN2C(=O)SC(=Cc3ccccc3)C2=O)ccc1C. The molecule has 1 N–H and O–H groups in total. The number of imide groups is 1. The van der Waals surface area contributed by atoms with E-state index in [1.165, 1.54) is 0 Å². The number of amides is 3. The van der Waals surface area contributed by atoms with E-state index in [9.17, 15) is 14.4 Å². The summed E-state index contributed by atoms with van der Waals surface area (Å²) in [6, 6.07) is 15.0. The van der Waals surface area contributed by atoms with Gasteiger partial charge in [-0.15, -0.1) is 0 Å². The van der Waals surface area contributed by atoms with Gasteiger partial charge in [-0.1, -0.05) is 42.5 Å². The number of benzene rings is 2. The van der Waals surface area contributed by atoms with Gasteiger partial charge < -0.3 is 10.1 Å². The summed E-state index contributed by atoms with van der Waals surface area (Å²) >= 11 is 0.915. The molecule has 0 saturated carbocycles. The molecule has 3 rings (SSSR count). The van der Waals surface area contributed by atoms with E-state index in [4.69, 9.17) is 4.74 Å². The molecule has 0 spiro atoms. The van der Waals surface area contributed by atoms with Crippen molar-refractivity contribution in [1.82, 2.24) is 10.2 Å². The van der Waals surface area contributed by atoms with Gasteiger partial charge in [0, 0.05) is 13.1 Å². The van der Waals surface area contributed by atoms with E-state index in [1.54, 1.807) is 13.2 Å². The topological polar surface area (TPSA) is 75.7 Å². The van der Waals surface area contributed by atoms with Crippen LogP contribution in [0.1, 0.15) is 16.7 Å². The summed E-state index contributed by atoms with van der Waals surface area (Å²) in [6.07, 6.45) is 1.90. The minimum Gasteiger partial charge on any atom is -0.496 e. The molecule has 0 atom stereocenters. The molecule has 0 bridgehead atoms. The van der Waals surface area contributed by atoms with Gasteiger partial charge in [0.05, 0.1) is 18.4 Å². The van der Waals surface area contributed by atoms with Crippen LogP contribution in [0.5, 0.6) is 5.75 Å². The maximum absolute atomic E-state index is 12.5. The van der Waals surface area contributed by atoms with Crippen molar-refractivity contribution in [2.24, 2.45) is 0 Å². The molecular weight excluding hydrogens is 388 g/mol. The molecule has 150 valence electrons. The molecule has 7 heteroatoms. The number of nitrogens with zero attached hydrogens (tertiary/aromatic N) is 1. The van der Waals surface area contributed by atoms with Crippen LogP contribution in [0.3, 0.4) is 0 Å². The molecule has 1 aliphatic heterocycles. The Bertz CT molecular complexity index is 957. The first kappa shape index (κ1) is 20.7. The van der Waals surface area contributed by atoms with Crippen LogP contribution in [0.2, 0.25) is 0 Å². The van der Waals surface area contributed by atoms with Gasteiger partial charge in [0.25, 0.3) is 11.1 Å². The van der Waals surface area contributed by atoms with Crippen LogP contribution < -0.4 is 10.1 Å². The van der Waals surface area contributed by atoms with Crippen LogP contribution in [0.25, 0.3) is 6.08 Å². The molecule has 0 unspecified atom stereocenters. The van der Waals surface area contributed by atoms with E-state index in [0.717, 1.165) is 39.1 Å². The van der Waals surface area contributed by atoms with E-state index < -0.39 is 0 Å². The second-order valence-electron chi connectivity index (χ2n) is 6.57. The lowest BCUT2D eigenvalue weighted by atomic mass is 10.1. The molecule has 1 saturated heterocycles. The Morgan fingerprint density at radius 1 is 1.17 bits per heavy atom. The predicted octanol–water partition coefficient (Wildman–Crippen LogP) is 3.40. The van der Waals surface area contributed by atoms with E-state index >= 15 is 0 Å². The molecule has 29 heavy (non-hydrogen) atoms. The van der Waals surface area contributed by atoms with Gasteiger partial charge >= 0.3 is 0 Å². The van der Waals surface area contributed by atoms with Crippen molar-refractivity contribution in [3.05, 3.63) is 70.1 Å². The summed E-state index contributed by atoms with van der Waals surface area (Å²) in [5, 5.41) is 2.44. The zero-order chi connectivity index (χ0) is 20.8. The highest BCUT2D eigenvalue weighted by molar-refractivity contribution is 8.18. The maximum atomic E-state index is 12.5. The number of ether oxygens (including phenoxy) is 1. The first-order chi connectivity index (χ1) is 14.0. The Kier molecular flexibility index (Phi) is 6.72. The highest BCUT2D eigenvalue weighted by Crippen LogP contribution is 2.31. The fourth-order valence-corrected chi connectivity index (χ4v) is 3.79. The van der Waals surface area contributed by atoms with Gasteiger partial charge in [0.2, 0.25) is 5.91 Å². The molecule has 2 aromatic rings. The van der Waals surface area contributed by atoms with E-state index in [-0.39, 0.29) is 36.6 Å². The maximum Gasteiger partial charge on any atom is 0.293 e. The van der Waals surface area contributed by atoms with Crippen LogP contribution in [-0.4, -0.2) is 42.2 Å². The van der Waals surface area contributed by atoms with Gasteiger partial charge in [0.15, 0.2) is 0 Å². The van der Waals surface area contributed by atoms with Crippen molar-refractivity contribution in [3.8, 4) is 5.75 Å². The Morgan fingerprint density at radius 3 is 2.66 bits per heavy atom. The molecular formula is C22H22N2O4S. The highest BCUT2D eigenvalue weighted by atomic mass is 32.2. The summed E-state index contributed by atoms with van der Waals surface area (Å²) in [4.78, 5) is 38.4. The van der Waals surface area contributed by atoms with E-state index in [1.807, 2.05) is 55.5 Å². The number of carbonyl (C=O) groups is 3. The molecule has 1 fully saturated rings. The summed E-state index contributed by atoms with van der Waals surface area (Å²) in [5.41, 5.74) is 2.70. The number of hydrogen-bond acceptors (Lipinski definition) is 5. The minimum atomic E-state index is -0.332. The van der Waals surface area contributed by atoms with E-state index in [0.29, 0.717) is 4.91 Å². The predicted molar refractivity (Wildman–Crippen MR) is 114 cm³/mol. The average molecular weight is 410 g/mol. The number of rotatable bonds is 7. The summed E-state index contributed by atoms with van der Waals surface area (Å²) in [6.45, 7) is 2.28. The Hall–Kier alpha value is -3.06. The number of carbonyl (C=O) groups excluding carboxylic acids is 3. The van der Waals surface area contributed by atoms with Gasteiger partial charge in [-0.2, -0.15) is 0 Å². The number of nitrogens with one attached hydrogen (secondary N) is 1. The zero-order valence-electron chi connectivity index (χ0n) is 16.3. The van der Waals surface area contributed by atoms with Crippen molar-refractivity contribution in [1.29, 1.82) is 0 Å². The van der Waals surface area contributed by atoms with Gasteiger partial charge in [-0.05, 0) is 47.5 Å². The van der Waals surface area contributed by atoms with E-state index in [2.05, 4.69) is 5.32 Å². The fraction of sp³-hybridized carbons (Fsp3) is 0.227. The van der Waals surface area contributed by atoms with Crippen molar-refractivity contribution in [2.75, 3.05) is 20.2 Å². The first-order valence-corrected chi connectivity index (χ1v) is 10.00. The number of hydrogen-bond donors (Lipinski definition) is 1. The minimum absolute atomic E-state index is 0.139. The van der Waals surface area contributed by atoms with Crippen molar-refractivity contribution in [2.45, 2.75) is 13.3 Å². The third-order valence-electron chi connectivity index (χ3n) is 4.47. The molecule has 0 radical (unpaired) electrons. The molecule has 0 aromatic heterocycles. The van der Waals surface area contributed by atoms with Crippen LogP contribution in [0.4, 0.5) is 4.79 Å². The Morgan fingerprint density at radius 2 is 1.93 bits per heavy atom. The first-order valence-electron chi connectivity index (χ1n) is 9.18. The number of aryl methyl sites for hydroxylation is 1. The standard InChI is InChI=1S/C22H22N2O4S/c1-15-8-9-17(12-18(15)28-2)14-20(25)23-10-11-24-21(26)19(29-22(24)27)13-16-6-4-3-5-7-16/h3-9,12-13H,10-11,14H2,1-2H3,(H,23,25). The zero-order valence-corrected chi connectivity index (χ0v) is 17.1. The third kappa shape index (κ3) is 5.26. The molecule has 3 amide bonds. The molecule has 1 heterocycles. The van der Waals surface area contributed by atoms with Crippen molar-refractivity contribution in [3.63, 3.8) is 0 Å². The lowest BCUT2D eigenvalue weighted by Crippen LogP contribution is -2.37. The summed E-state index contributed by atoms with van der Waals surface area (Å²) < 4.78 is 5.27. The summed E-state index contributed by atoms with van der Waals surface area (Å²) in [7, 11) is 1.59. The lowest BCUT2D eigenvalue weighted by molar-refractivity contribution is -0.124. The summed E-state index contributed by atoms with van der Waals surface area (Å²) in [5.74, 6) is 0.224. The van der Waals surface area contributed by atoms with Crippen molar-refractivity contribution >= 4 is 34.9 Å². The number of thioether (sulfide) groups is 1. The van der Waals surface area contributed by atoms with Crippen LogP contribution in [0.15, 0.2) is 53.4 Å². The normalized spacial score (nSPS) is 15.1. The second-order valence-corrected chi connectivity index (χ2v) is 7.57. The van der Waals surface area contributed by atoms with Crippen molar-refractivity contribution < 1.29 is 19.1 Å². The van der Waals surface area contributed by atoms with Crippen LogP contribution >= 0.6 is 11.8 Å². The fourth-order valence-electron chi connectivity index (χ4n) is 2.92. The monoisotopic (exact) mass is 410 g/mol.